The molecule has 1 saturated carbocycles. The summed E-state index contributed by atoms with van der Waals surface area (Å²) in [7, 11) is 3.49. The fraction of sp³-hybridized carbons (Fsp3) is 0.633. The summed E-state index contributed by atoms with van der Waals surface area (Å²) >= 11 is 0. The summed E-state index contributed by atoms with van der Waals surface area (Å²) < 4.78 is 17.4. The molecule has 2 amide bonds. The van der Waals surface area contributed by atoms with Crippen LogP contribution in [0.1, 0.15) is 52.0 Å². The third kappa shape index (κ3) is 6.81. The number of methoxy groups -OCH3 is 2. The van der Waals surface area contributed by atoms with E-state index in [1.54, 1.807) is 14.2 Å². The van der Waals surface area contributed by atoms with Gasteiger partial charge in [0, 0.05) is 51.6 Å². The van der Waals surface area contributed by atoms with Crippen molar-refractivity contribution in [3.63, 3.8) is 0 Å². The molecule has 39 heavy (non-hydrogen) atoms. The molecule has 9 nitrogen and oxygen atoms in total. The van der Waals surface area contributed by atoms with E-state index in [0.29, 0.717) is 32.0 Å². The van der Waals surface area contributed by atoms with Crippen LogP contribution in [-0.4, -0.2) is 69.0 Å². The van der Waals surface area contributed by atoms with Crippen molar-refractivity contribution in [1.82, 2.24) is 15.6 Å². The molecule has 0 radical (unpaired) electrons. The van der Waals surface area contributed by atoms with E-state index in [0.717, 1.165) is 53.7 Å². The lowest BCUT2D eigenvalue weighted by molar-refractivity contribution is -0.144. The SMILES string of the molecule is CCCC1NC(=O)C(Cc2cc3cc(OCC)ccc3nc2NCCNC(C)=O)C2CC(OC)C(OC)CC12. The number of aromatic nitrogens is 1. The van der Waals surface area contributed by atoms with Crippen LogP contribution in [0.15, 0.2) is 24.3 Å². The number of pyridine rings is 1. The van der Waals surface area contributed by atoms with Gasteiger partial charge in [0.25, 0.3) is 0 Å². The Balaban J connectivity index is 1.67. The van der Waals surface area contributed by atoms with Crippen molar-refractivity contribution in [3.05, 3.63) is 29.8 Å². The van der Waals surface area contributed by atoms with Crippen LogP contribution in [0.25, 0.3) is 10.9 Å². The molecule has 0 bridgehead atoms. The van der Waals surface area contributed by atoms with Gasteiger partial charge < -0.3 is 30.2 Å². The molecule has 2 aromatic rings. The minimum Gasteiger partial charge on any atom is -0.494 e. The van der Waals surface area contributed by atoms with Crippen LogP contribution in [0, 0.1) is 17.8 Å². The molecule has 2 aliphatic rings. The summed E-state index contributed by atoms with van der Waals surface area (Å²) in [6.45, 7) is 7.24. The molecule has 1 aromatic heterocycles. The Morgan fingerprint density at radius 2 is 1.82 bits per heavy atom. The van der Waals surface area contributed by atoms with Crippen LogP contribution < -0.4 is 20.7 Å². The highest BCUT2D eigenvalue weighted by molar-refractivity contribution is 5.84. The van der Waals surface area contributed by atoms with Gasteiger partial charge in [-0.05, 0) is 74.3 Å². The van der Waals surface area contributed by atoms with E-state index in [1.165, 1.54) is 6.92 Å². The number of amides is 2. The molecule has 0 spiro atoms. The first kappa shape index (κ1) is 29.1. The van der Waals surface area contributed by atoms with Gasteiger partial charge in [-0.25, -0.2) is 4.98 Å². The zero-order valence-corrected chi connectivity index (χ0v) is 23.9. The fourth-order valence-electron chi connectivity index (χ4n) is 6.46. The van der Waals surface area contributed by atoms with Crippen molar-refractivity contribution >= 4 is 28.5 Å². The standard InChI is InChI=1S/C30H44N4O5/c1-6-8-26-23-17-28(38-5)27(37-4)16-22(23)24(30(36)34-26)15-20-13-19-14-21(39-7-2)9-10-25(19)33-29(20)32-12-11-31-18(3)35/h9-10,13-14,22-24,26-28H,6-8,11-12,15-17H2,1-5H3,(H,31,35)(H,32,33)(H,34,36). The molecule has 1 aliphatic carbocycles. The zero-order valence-electron chi connectivity index (χ0n) is 23.9. The molecule has 2 heterocycles. The van der Waals surface area contributed by atoms with E-state index < -0.39 is 0 Å². The van der Waals surface area contributed by atoms with E-state index in [1.807, 2.05) is 25.1 Å². The first-order chi connectivity index (χ1) is 18.9. The lowest BCUT2D eigenvalue weighted by Gasteiger charge is -2.49. The average molecular weight is 541 g/mol. The zero-order chi connectivity index (χ0) is 27.9. The monoisotopic (exact) mass is 540 g/mol. The van der Waals surface area contributed by atoms with Gasteiger partial charge >= 0.3 is 0 Å². The van der Waals surface area contributed by atoms with E-state index in [2.05, 4.69) is 28.9 Å². The molecular formula is C30H44N4O5. The second-order valence-corrected chi connectivity index (χ2v) is 10.8. The highest BCUT2D eigenvalue weighted by Gasteiger charge is 2.49. The van der Waals surface area contributed by atoms with Gasteiger partial charge in [-0.2, -0.15) is 0 Å². The predicted octanol–water partition coefficient (Wildman–Crippen LogP) is 3.69. The Bertz CT molecular complexity index is 1140. The molecule has 1 aliphatic heterocycles. The number of anilines is 1. The van der Waals surface area contributed by atoms with Crippen molar-refractivity contribution in [3.8, 4) is 5.75 Å². The Morgan fingerprint density at radius 1 is 1.08 bits per heavy atom. The number of carbonyl (C=O) groups is 2. The third-order valence-electron chi connectivity index (χ3n) is 8.28. The number of piperidine rings is 1. The van der Waals surface area contributed by atoms with Gasteiger partial charge in [-0.15, -0.1) is 0 Å². The molecule has 1 saturated heterocycles. The number of fused-ring (bicyclic) bond motifs is 2. The Labute approximate surface area is 231 Å². The van der Waals surface area contributed by atoms with Crippen LogP contribution >= 0.6 is 0 Å². The first-order valence-corrected chi connectivity index (χ1v) is 14.3. The second kappa shape index (κ2) is 13.4. The summed E-state index contributed by atoms with van der Waals surface area (Å²) in [5.41, 5.74) is 1.83. The predicted molar refractivity (Wildman–Crippen MR) is 152 cm³/mol. The van der Waals surface area contributed by atoms with E-state index in [9.17, 15) is 9.59 Å². The number of nitrogens with zero attached hydrogens (tertiary/aromatic N) is 1. The number of rotatable bonds is 12. The quantitative estimate of drug-likeness (QED) is 0.352. The average Bonchev–Trinajstić information content (AvgIpc) is 2.92. The van der Waals surface area contributed by atoms with Crippen molar-refractivity contribution < 1.29 is 23.8 Å². The Morgan fingerprint density at radius 3 is 2.49 bits per heavy atom. The van der Waals surface area contributed by atoms with Gasteiger partial charge in [0.15, 0.2) is 0 Å². The van der Waals surface area contributed by atoms with Crippen LogP contribution in [0.3, 0.4) is 0 Å². The highest BCUT2D eigenvalue weighted by Crippen LogP contribution is 2.44. The number of ether oxygens (including phenoxy) is 3. The van der Waals surface area contributed by atoms with Crippen LogP contribution in [0.2, 0.25) is 0 Å². The van der Waals surface area contributed by atoms with E-state index in [4.69, 9.17) is 19.2 Å². The topological polar surface area (TPSA) is 111 Å². The smallest absolute Gasteiger partial charge is 0.223 e. The molecular weight excluding hydrogens is 496 g/mol. The molecule has 6 atom stereocenters. The van der Waals surface area contributed by atoms with Crippen molar-refractivity contribution in [2.24, 2.45) is 17.8 Å². The molecule has 4 rings (SSSR count). The molecule has 2 fully saturated rings. The summed E-state index contributed by atoms with van der Waals surface area (Å²) in [5, 5.41) is 10.6. The van der Waals surface area contributed by atoms with Crippen molar-refractivity contribution in [1.29, 1.82) is 0 Å². The minimum atomic E-state index is -0.205. The van der Waals surface area contributed by atoms with Gasteiger partial charge in [-0.3, -0.25) is 9.59 Å². The van der Waals surface area contributed by atoms with Crippen molar-refractivity contribution in [2.45, 2.75) is 71.1 Å². The number of benzene rings is 1. The summed E-state index contributed by atoms with van der Waals surface area (Å²) in [6, 6.07) is 8.16. The third-order valence-corrected chi connectivity index (χ3v) is 8.28. The molecule has 214 valence electrons. The lowest BCUT2D eigenvalue weighted by atomic mass is 9.63. The molecule has 6 unspecified atom stereocenters. The van der Waals surface area contributed by atoms with E-state index in [-0.39, 0.29) is 41.9 Å². The van der Waals surface area contributed by atoms with Gasteiger partial charge in [0.05, 0.1) is 24.3 Å². The van der Waals surface area contributed by atoms with Gasteiger partial charge in [0.2, 0.25) is 11.8 Å². The normalized spacial score (nSPS) is 26.5. The van der Waals surface area contributed by atoms with Crippen LogP contribution in [-0.2, 0) is 25.5 Å². The maximum atomic E-state index is 13.6. The summed E-state index contributed by atoms with van der Waals surface area (Å²) in [6.07, 6.45) is 4.19. The maximum absolute atomic E-state index is 13.6. The maximum Gasteiger partial charge on any atom is 0.223 e. The van der Waals surface area contributed by atoms with Gasteiger partial charge in [0.1, 0.15) is 11.6 Å². The minimum absolute atomic E-state index is 0.0246. The van der Waals surface area contributed by atoms with Crippen molar-refractivity contribution in [2.75, 3.05) is 39.2 Å². The molecule has 1 aromatic carbocycles. The number of hydrogen-bond acceptors (Lipinski definition) is 7. The van der Waals surface area contributed by atoms with Gasteiger partial charge in [-0.1, -0.05) is 13.3 Å². The largest absolute Gasteiger partial charge is 0.494 e. The summed E-state index contributed by atoms with van der Waals surface area (Å²) in [5.74, 6) is 1.88. The molecule has 3 N–H and O–H groups in total. The Hall–Kier alpha value is -2.91. The summed E-state index contributed by atoms with van der Waals surface area (Å²) in [4.78, 5) is 29.9. The molecule has 9 heteroatoms. The second-order valence-electron chi connectivity index (χ2n) is 10.8. The Kier molecular flexibility index (Phi) is 10.0. The number of hydrogen-bond donors (Lipinski definition) is 3. The number of carbonyl (C=O) groups excluding carboxylic acids is 2. The number of nitrogens with one attached hydrogen (secondary N) is 3. The highest BCUT2D eigenvalue weighted by atomic mass is 16.5. The van der Waals surface area contributed by atoms with E-state index >= 15 is 0 Å². The lowest BCUT2D eigenvalue weighted by Crippen LogP contribution is -2.59. The van der Waals surface area contributed by atoms with Crippen LogP contribution in [0.4, 0.5) is 5.82 Å². The van der Waals surface area contributed by atoms with Crippen LogP contribution in [0.5, 0.6) is 5.75 Å². The fourth-order valence-corrected chi connectivity index (χ4v) is 6.46. The first-order valence-electron chi connectivity index (χ1n) is 14.3.